The molecule has 1 aromatic carbocycles. The Hall–Kier alpha value is -1.72. The van der Waals surface area contributed by atoms with Crippen molar-refractivity contribution in [1.29, 1.82) is 0 Å². The summed E-state index contributed by atoms with van der Waals surface area (Å²) in [6.07, 6.45) is 2.64. The van der Waals surface area contributed by atoms with E-state index in [9.17, 15) is 4.79 Å². The minimum atomic E-state index is -0.0785. The van der Waals surface area contributed by atoms with Crippen molar-refractivity contribution in [3.63, 3.8) is 0 Å². The van der Waals surface area contributed by atoms with E-state index in [-0.39, 0.29) is 18.1 Å². The summed E-state index contributed by atoms with van der Waals surface area (Å²) in [6, 6.07) is 4.94. The summed E-state index contributed by atoms with van der Waals surface area (Å²) in [5.74, 6) is 0.339. The van der Waals surface area contributed by atoms with Gasteiger partial charge in [0, 0.05) is 41.9 Å². The van der Waals surface area contributed by atoms with Gasteiger partial charge in [0.1, 0.15) is 5.75 Å². The van der Waals surface area contributed by atoms with Gasteiger partial charge in [0.05, 0.1) is 16.8 Å². The second-order valence-electron chi connectivity index (χ2n) is 7.13. The topological polar surface area (TPSA) is 47.4 Å². The lowest BCUT2D eigenvalue weighted by atomic mass is 10.0. The fraction of sp³-hybridized carbons (Fsp3) is 0.444. The minimum Gasteiger partial charge on any atom is -0.482 e. The zero-order valence-electron chi connectivity index (χ0n) is 14.6. The van der Waals surface area contributed by atoms with Crippen molar-refractivity contribution in [1.82, 2.24) is 14.7 Å². The van der Waals surface area contributed by atoms with E-state index in [4.69, 9.17) is 27.9 Å². The Bertz CT molecular complexity index is 796. The molecule has 0 bridgehead atoms. The minimum absolute atomic E-state index is 0.0633. The maximum absolute atomic E-state index is 12.5. The summed E-state index contributed by atoms with van der Waals surface area (Å²) in [5, 5.41) is 5.45. The Morgan fingerprint density at radius 2 is 2.08 bits per heavy atom. The van der Waals surface area contributed by atoms with Crippen LogP contribution in [0, 0.1) is 0 Å². The number of rotatable bonds is 3. The number of ether oxygens (including phenoxy) is 1. The fourth-order valence-electron chi connectivity index (χ4n) is 2.94. The van der Waals surface area contributed by atoms with Crippen molar-refractivity contribution >= 4 is 29.1 Å². The summed E-state index contributed by atoms with van der Waals surface area (Å²) in [4.78, 5) is 14.3. The van der Waals surface area contributed by atoms with Crippen LogP contribution < -0.4 is 4.74 Å². The van der Waals surface area contributed by atoms with Crippen LogP contribution in [-0.4, -0.2) is 33.7 Å². The number of nitrogens with zero attached hydrogens (tertiary/aromatic N) is 3. The summed E-state index contributed by atoms with van der Waals surface area (Å²) in [5.41, 5.74) is 2.23. The van der Waals surface area contributed by atoms with Crippen LogP contribution in [0.4, 0.5) is 0 Å². The Morgan fingerprint density at radius 3 is 2.80 bits per heavy atom. The van der Waals surface area contributed by atoms with Gasteiger partial charge in [0.15, 0.2) is 6.61 Å². The zero-order chi connectivity index (χ0) is 18.2. The third-order valence-electron chi connectivity index (χ3n) is 4.17. The molecule has 0 radical (unpaired) electrons. The van der Waals surface area contributed by atoms with E-state index in [2.05, 4.69) is 25.9 Å². The first-order chi connectivity index (χ1) is 11.8. The number of amides is 1. The number of carbonyl (C=O) groups is 1. The van der Waals surface area contributed by atoms with Gasteiger partial charge in [-0.1, -0.05) is 23.2 Å². The van der Waals surface area contributed by atoms with Gasteiger partial charge in [0.25, 0.3) is 5.91 Å². The molecule has 7 heteroatoms. The molecule has 0 unspecified atom stereocenters. The third-order valence-corrected chi connectivity index (χ3v) is 4.71. The highest BCUT2D eigenvalue weighted by atomic mass is 35.5. The van der Waals surface area contributed by atoms with Crippen molar-refractivity contribution < 1.29 is 9.53 Å². The Labute approximate surface area is 157 Å². The molecule has 1 aromatic heterocycles. The van der Waals surface area contributed by atoms with Crippen LogP contribution >= 0.6 is 23.2 Å². The van der Waals surface area contributed by atoms with Crippen molar-refractivity contribution in [2.24, 2.45) is 0 Å². The molecule has 0 saturated carbocycles. The first-order valence-electron chi connectivity index (χ1n) is 8.17. The molecule has 0 N–H and O–H groups in total. The van der Waals surface area contributed by atoms with Crippen LogP contribution in [0.1, 0.15) is 32.0 Å². The normalized spacial score (nSPS) is 14.4. The van der Waals surface area contributed by atoms with E-state index < -0.39 is 0 Å². The van der Waals surface area contributed by atoms with Gasteiger partial charge in [0.2, 0.25) is 0 Å². The lowest BCUT2D eigenvalue weighted by molar-refractivity contribution is -0.134. The van der Waals surface area contributed by atoms with E-state index in [1.165, 1.54) is 5.69 Å². The van der Waals surface area contributed by atoms with Crippen LogP contribution in [0.3, 0.4) is 0 Å². The second kappa shape index (κ2) is 6.89. The Morgan fingerprint density at radius 1 is 1.32 bits per heavy atom. The highest BCUT2D eigenvalue weighted by molar-refractivity contribution is 6.34. The van der Waals surface area contributed by atoms with Crippen LogP contribution in [0.25, 0.3) is 0 Å². The molecule has 3 rings (SSSR count). The second-order valence-corrected chi connectivity index (χ2v) is 7.97. The molecule has 0 aliphatic carbocycles. The molecule has 5 nitrogen and oxygen atoms in total. The molecule has 0 saturated heterocycles. The largest absolute Gasteiger partial charge is 0.482 e. The van der Waals surface area contributed by atoms with Crippen LogP contribution in [-0.2, 0) is 23.3 Å². The standard InChI is InChI=1S/C18H21Cl2N3O2/c1-18(2,3)23-15-6-7-22(10-12(15)9-21-23)17(24)11-25-16-8-13(19)4-5-14(16)20/h4-5,8-9H,6-7,10-11H2,1-3H3. The van der Waals surface area contributed by atoms with Gasteiger partial charge >= 0.3 is 0 Å². The number of aromatic nitrogens is 2. The van der Waals surface area contributed by atoms with Gasteiger partial charge < -0.3 is 9.64 Å². The lowest BCUT2D eigenvalue weighted by Crippen LogP contribution is -2.40. The Kier molecular flexibility index (Phi) is 4.98. The molecule has 2 heterocycles. The molecule has 1 aliphatic rings. The lowest BCUT2D eigenvalue weighted by Gasteiger charge is -2.30. The monoisotopic (exact) mass is 381 g/mol. The molecule has 2 aromatic rings. The third kappa shape index (κ3) is 3.93. The summed E-state index contributed by atoms with van der Waals surface area (Å²) < 4.78 is 7.60. The van der Waals surface area contributed by atoms with Gasteiger partial charge in [-0.25, -0.2) is 0 Å². The molecule has 25 heavy (non-hydrogen) atoms. The highest BCUT2D eigenvalue weighted by Gasteiger charge is 2.27. The quantitative estimate of drug-likeness (QED) is 0.809. The van der Waals surface area contributed by atoms with E-state index >= 15 is 0 Å². The molecule has 1 amide bonds. The van der Waals surface area contributed by atoms with E-state index in [1.54, 1.807) is 23.1 Å². The van der Waals surface area contributed by atoms with E-state index in [1.807, 2.05) is 10.9 Å². The summed E-state index contributed by atoms with van der Waals surface area (Å²) in [7, 11) is 0. The average Bonchev–Trinajstić information content (AvgIpc) is 2.98. The van der Waals surface area contributed by atoms with Crippen molar-refractivity contribution in [2.75, 3.05) is 13.2 Å². The summed E-state index contributed by atoms with van der Waals surface area (Å²) >= 11 is 12.0. The molecule has 1 aliphatic heterocycles. The number of benzene rings is 1. The van der Waals surface area contributed by atoms with Crippen LogP contribution in [0.5, 0.6) is 5.75 Å². The molecular weight excluding hydrogens is 361 g/mol. The van der Waals surface area contributed by atoms with Gasteiger partial charge in [-0.3, -0.25) is 9.48 Å². The van der Waals surface area contributed by atoms with Gasteiger partial charge in [-0.2, -0.15) is 5.10 Å². The highest BCUT2D eigenvalue weighted by Crippen LogP contribution is 2.28. The van der Waals surface area contributed by atoms with Crippen molar-refractivity contribution in [2.45, 2.75) is 39.3 Å². The number of fused-ring (bicyclic) bond motifs is 1. The molecule has 0 spiro atoms. The van der Waals surface area contributed by atoms with E-state index in [0.717, 1.165) is 12.0 Å². The van der Waals surface area contributed by atoms with Crippen LogP contribution in [0.15, 0.2) is 24.4 Å². The fourth-order valence-corrected chi connectivity index (χ4v) is 3.28. The van der Waals surface area contributed by atoms with Crippen molar-refractivity contribution in [3.8, 4) is 5.75 Å². The SMILES string of the molecule is CC(C)(C)n1ncc2c1CCN(C(=O)COc1cc(Cl)ccc1Cl)C2. The number of hydrogen-bond donors (Lipinski definition) is 0. The predicted octanol–water partition coefficient (Wildman–Crippen LogP) is 3.91. The maximum Gasteiger partial charge on any atom is 0.260 e. The first-order valence-corrected chi connectivity index (χ1v) is 8.93. The molecular formula is C18H21Cl2N3O2. The Balaban J connectivity index is 1.65. The molecule has 0 atom stereocenters. The van der Waals surface area contributed by atoms with Gasteiger partial charge in [-0.05, 0) is 32.9 Å². The van der Waals surface area contributed by atoms with Crippen LogP contribution in [0.2, 0.25) is 10.0 Å². The predicted molar refractivity (Wildman–Crippen MR) is 98.3 cm³/mol. The smallest absolute Gasteiger partial charge is 0.260 e. The molecule has 134 valence electrons. The number of halogens is 2. The number of hydrogen-bond acceptors (Lipinski definition) is 3. The van der Waals surface area contributed by atoms with E-state index in [0.29, 0.717) is 28.9 Å². The summed E-state index contributed by atoms with van der Waals surface area (Å²) in [6.45, 7) is 7.51. The maximum atomic E-state index is 12.5. The zero-order valence-corrected chi connectivity index (χ0v) is 16.1. The average molecular weight is 382 g/mol. The molecule has 0 fully saturated rings. The first kappa shape index (κ1) is 18.1. The number of carbonyl (C=O) groups excluding carboxylic acids is 1. The van der Waals surface area contributed by atoms with Crippen molar-refractivity contribution in [3.05, 3.63) is 45.7 Å². The van der Waals surface area contributed by atoms with Gasteiger partial charge in [-0.15, -0.1) is 0 Å².